The summed E-state index contributed by atoms with van der Waals surface area (Å²) < 4.78 is 27.4. The zero-order valence-corrected chi connectivity index (χ0v) is 12.9. The zero-order valence-electron chi connectivity index (χ0n) is 12.1. The largest absolute Gasteiger partial charge is 0.329 e. The first-order valence-electron chi connectivity index (χ1n) is 7.04. The van der Waals surface area contributed by atoms with E-state index in [4.69, 9.17) is 5.73 Å². The maximum atomic E-state index is 12.4. The van der Waals surface area contributed by atoms with Crippen LogP contribution in [0.1, 0.15) is 33.6 Å². The molecule has 1 heterocycles. The molecule has 0 radical (unpaired) electrons. The molecule has 0 aromatic heterocycles. The van der Waals surface area contributed by atoms with Crippen LogP contribution in [0.2, 0.25) is 0 Å². The summed E-state index contributed by atoms with van der Waals surface area (Å²) >= 11 is 0. The van der Waals surface area contributed by atoms with Crippen molar-refractivity contribution in [1.29, 1.82) is 0 Å². The van der Waals surface area contributed by atoms with Gasteiger partial charge in [-0.2, -0.15) is 0 Å². The Morgan fingerprint density at radius 3 is 2.50 bits per heavy atom. The SMILES string of the molecule is CN1C(=O)c2ccc(S(=O)(=O)NC(CN)C3CC3)cc2C1=O. The van der Waals surface area contributed by atoms with Crippen molar-refractivity contribution in [3.63, 3.8) is 0 Å². The van der Waals surface area contributed by atoms with E-state index < -0.39 is 21.8 Å². The number of fused-ring (bicyclic) bond motifs is 1. The molecule has 1 aromatic rings. The summed E-state index contributed by atoms with van der Waals surface area (Å²) in [6.45, 7) is 0.231. The van der Waals surface area contributed by atoms with E-state index in [9.17, 15) is 18.0 Å². The topological polar surface area (TPSA) is 110 Å². The van der Waals surface area contributed by atoms with E-state index in [0.717, 1.165) is 17.7 Å². The molecule has 1 fully saturated rings. The van der Waals surface area contributed by atoms with E-state index in [1.807, 2.05) is 0 Å². The molecule has 0 bridgehead atoms. The van der Waals surface area contributed by atoms with Gasteiger partial charge < -0.3 is 5.73 Å². The molecule has 3 N–H and O–H groups in total. The van der Waals surface area contributed by atoms with E-state index in [2.05, 4.69) is 4.72 Å². The molecule has 7 nitrogen and oxygen atoms in total. The Morgan fingerprint density at radius 2 is 1.91 bits per heavy atom. The normalized spacial score (nSPS) is 19.5. The molecular formula is C14H17N3O4S. The van der Waals surface area contributed by atoms with Crippen molar-refractivity contribution in [2.75, 3.05) is 13.6 Å². The molecule has 3 rings (SSSR count). The van der Waals surface area contributed by atoms with Crippen molar-refractivity contribution in [2.24, 2.45) is 11.7 Å². The van der Waals surface area contributed by atoms with Crippen molar-refractivity contribution >= 4 is 21.8 Å². The third-order valence-electron chi connectivity index (χ3n) is 4.12. The lowest BCUT2D eigenvalue weighted by Gasteiger charge is -2.16. The maximum Gasteiger partial charge on any atom is 0.261 e. The number of imide groups is 1. The van der Waals surface area contributed by atoms with Gasteiger partial charge in [-0.25, -0.2) is 13.1 Å². The monoisotopic (exact) mass is 323 g/mol. The van der Waals surface area contributed by atoms with Crippen LogP contribution in [0.15, 0.2) is 23.1 Å². The number of hydrogen-bond acceptors (Lipinski definition) is 5. The minimum Gasteiger partial charge on any atom is -0.329 e. The molecule has 0 spiro atoms. The average Bonchev–Trinajstić information content (AvgIpc) is 3.31. The van der Waals surface area contributed by atoms with Gasteiger partial charge in [0.2, 0.25) is 10.0 Å². The molecule has 8 heteroatoms. The van der Waals surface area contributed by atoms with Crippen LogP contribution < -0.4 is 10.5 Å². The van der Waals surface area contributed by atoms with Crippen molar-refractivity contribution < 1.29 is 18.0 Å². The first-order valence-corrected chi connectivity index (χ1v) is 8.52. The fourth-order valence-electron chi connectivity index (χ4n) is 2.61. The van der Waals surface area contributed by atoms with Crippen LogP contribution in [0.4, 0.5) is 0 Å². The highest BCUT2D eigenvalue weighted by Gasteiger charge is 2.36. The summed E-state index contributed by atoms with van der Waals surface area (Å²) in [5.74, 6) is -0.632. The van der Waals surface area contributed by atoms with E-state index in [1.165, 1.54) is 25.2 Å². The molecule has 1 aromatic carbocycles. The molecular weight excluding hydrogens is 306 g/mol. The third-order valence-corrected chi connectivity index (χ3v) is 5.61. The van der Waals surface area contributed by atoms with Crippen molar-refractivity contribution in [3.8, 4) is 0 Å². The van der Waals surface area contributed by atoms with Crippen LogP contribution in [-0.2, 0) is 10.0 Å². The second-order valence-corrected chi connectivity index (χ2v) is 7.39. The Labute approximate surface area is 128 Å². The average molecular weight is 323 g/mol. The van der Waals surface area contributed by atoms with E-state index in [-0.39, 0.29) is 34.5 Å². The van der Waals surface area contributed by atoms with Crippen LogP contribution in [0.3, 0.4) is 0 Å². The zero-order chi connectivity index (χ0) is 16.1. The summed E-state index contributed by atoms with van der Waals surface area (Å²) in [5, 5.41) is 0. The number of carbonyl (C=O) groups is 2. The summed E-state index contributed by atoms with van der Waals surface area (Å²) in [6, 6.07) is 3.68. The standard InChI is InChI=1S/C14H17N3O4S/c1-17-13(18)10-5-4-9(6-11(10)14(17)19)22(20,21)16-12(7-15)8-2-3-8/h4-6,8,12,16H,2-3,7,15H2,1H3. The second kappa shape index (κ2) is 5.15. The quantitative estimate of drug-likeness (QED) is 0.737. The highest BCUT2D eigenvalue weighted by Crippen LogP contribution is 2.33. The number of nitrogens with zero attached hydrogens (tertiary/aromatic N) is 1. The summed E-state index contributed by atoms with van der Waals surface area (Å²) in [7, 11) is -2.40. The van der Waals surface area contributed by atoms with E-state index in [1.54, 1.807) is 0 Å². The number of amides is 2. The van der Waals surface area contributed by atoms with Gasteiger partial charge >= 0.3 is 0 Å². The first-order chi connectivity index (χ1) is 10.3. The van der Waals surface area contributed by atoms with Gasteiger partial charge in [-0.05, 0) is 37.0 Å². The lowest BCUT2D eigenvalue weighted by atomic mass is 10.1. The van der Waals surface area contributed by atoms with Gasteiger partial charge in [0.15, 0.2) is 0 Å². The molecule has 1 aliphatic carbocycles. The van der Waals surface area contributed by atoms with Crippen LogP contribution >= 0.6 is 0 Å². The molecule has 2 amide bonds. The van der Waals surface area contributed by atoms with Crippen LogP contribution in [0, 0.1) is 5.92 Å². The second-order valence-electron chi connectivity index (χ2n) is 5.68. The summed E-state index contributed by atoms with van der Waals surface area (Å²) in [4.78, 5) is 24.7. The lowest BCUT2D eigenvalue weighted by Crippen LogP contribution is -2.41. The highest BCUT2D eigenvalue weighted by atomic mass is 32.2. The Bertz CT molecular complexity index is 755. The number of hydrogen-bond donors (Lipinski definition) is 2. The van der Waals surface area contributed by atoms with Crippen molar-refractivity contribution in [1.82, 2.24) is 9.62 Å². The number of benzene rings is 1. The van der Waals surface area contributed by atoms with E-state index in [0.29, 0.717) is 0 Å². The van der Waals surface area contributed by atoms with Gasteiger partial charge in [-0.1, -0.05) is 0 Å². The van der Waals surface area contributed by atoms with Crippen LogP contribution in [0.5, 0.6) is 0 Å². The van der Waals surface area contributed by atoms with Gasteiger partial charge in [0.25, 0.3) is 11.8 Å². The fraction of sp³-hybridized carbons (Fsp3) is 0.429. The van der Waals surface area contributed by atoms with Crippen LogP contribution in [0.25, 0.3) is 0 Å². The Balaban J connectivity index is 1.92. The Hall–Kier alpha value is -1.77. The van der Waals surface area contributed by atoms with Gasteiger partial charge in [0.1, 0.15) is 0 Å². The third kappa shape index (κ3) is 2.43. The molecule has 2 aliphatic rings. The molecule has 118 valence electrons. The summed E-state index contributed by atoms with van der Waals surface area (Å²) in [6.07, 6.45) is 1.93. The van der Waals surface area contributed by atoms with Gasteiger partial charge in [-0.15, -0.1) is 0 Å². The first kappa shape index (κ1) is 15.1. The fourth-order valence-corrected chi connectivity index (χ4v) is 3.95. The molecule has 0 saturated heterocycles. The van der Waals surface area contributed by atoms with E-state index >= 15 is 0 Å². The Morgan fingerprint density at radius 1 is 1.27 bits per heavy atom. The molecule has 1 unspecified atom stereocenters. The summed E-state index contributed by atoms with van der Waals surface area (Å²) in [5.41, 5.74) is 5.96. The molecule has 1 atom stereocenters. The van der Waals surface area contributed by atoms with Gasteiger partial charge in [0.05, 0.1) is 16.0 Å². The van der Waals surface area contributed by atoms with Crippen LogP contribution in [-0.4, -0.2) is 44.8 Å². The number of rotatable bonds is 5. The molecule has 22 heavy (non-hydrogen) atoms. The predicted molar refractivity (Wildman–Crippen MR) is 78.8 cm³/mol. The number of nitrogens with one attached hydrogen (secondary N) is 1. The number of nitrogens with two attached hydrogens (primary N) is 1. The van der Waals surface area contributed by atoms with Gasteiger partial charge in [-0.3, -0.25) is 14.5 Å². The number of carbonyl (C=O) groups excluding carboxylic acids is 2. The molecule has 1 aliphatic heterocycles. The maximum absolute atomic E-state index is 12.4. The minimum atomic E-state index is -3.77. The van der Waals surface area contributed by atoms with Crippen molar-refractivity contribution in [3.05, 3.63) is 29.3 Å². The highest BCUT2D eigenvalue weighted by molar-refractivity contribution is 7.89. The molecule has 1 saturated carbocycles. The minimum absolute atomic E-state index is 0.0261. The number of sulfonamides is 1. The van der Waals surface area contributed by atoms with Crippen molar-refractivity contribution in [2.45, 2.75) is 23.8 Å². The van der Waals surface area contributed by atoms with Gasteiger partial charge in [0, 0.05) is 19.6 Å². The predicted octanol–water partition coefficient (Wildman–Crippen LogP) is -0.0720. The smallest absolute Gasteiger partial charge is 0.261 e. The lowest BCUT2D eigenvalue weighted by molar-refractivity contribution is 0.0693. The Kier molecular flexibility index (Phi) is 3.54.